The third-order valence-electron chi connectivity index (χ3n) is 5.95. The molecule has 6 N–H and O–H groups in total. The Kier molecular flexibility index (Phi) is 6.19. The van der Waals surface area contributed by atoms with Gasteiger partial charge in [0.15, 0.2) is 22.2 Å². The van der Waals surface area contributed by atoms with E-state index < -0.39 is 85.7 Å². The molecule has 0 aromatic carbocycles. The van der Waals surface area contributed by atoms with Gasteiger partial charge in [-0.1, -0.05) is 13.0 Å². The molecule has 15 nitrogen and oxygen atoms in total. The fourth-order valence-corrected chi connectivity index (χ4v) is 7.98. The van der Waals surface area contributed by atoms with Crippen LogP contribution < -0.4 is 0 Å². The van der Waals surface area contributed by atoms with Gasteiger partial charge in [-0.05, 0) is 22.0 Å². The Bertz CT molecular complexity index is 1320. The highest BCUT2D eigenvalue weighted by Crippen LogP contribution is 2.59. The van der Waals surface area contributed by atoms with Crippen LogP contribution in [0.15, 0.2) is 38.1 Å². The Morgan fingerprint density at radius 3 is 2.54 bits per heavy atom. The average molecular weight is 596 g/mol. The van der Waals surface area contributed by atoms with Crippen molar-refractivity contribution in [3.8, 4) is 0 Å². The molecule has 4 rings (SSSR count). The number of sulfone groups is 1. The van der Waals surface area contributed by atoms with Gasteiger partial charge in [0.1, 0.15) is 24.7 Å². The lowest BCUT2D eigenvalue weighted by atomic mass is 10.0. The third kappa shape index (κ3) is 3.34. The van der Waals surface area contributed by atoms with E-state index in [4.69, 9.17) is 10.1 Å². The number of hydrogen-bond donors (Lipinski definition) is 6. The molecule has 1 saturated heterocycles. The molecule has 35 heavy (non-hydrogen) atoms. The van der Waals surface area contributed by atoms with Crippen molar-refractivity contribution in [2.24, 2.45) is 20.9 Å². The summed E-state index contributed by atoms with van der Waals surface area (Å²) in [6, 6.07) is 0. The molecule has 0 amide bonds. The molecule has 0 saturated carbocycles. The number of rotatable bonds is 5. The maximum absolute atomic E-state index is 14.0. The van der Waals surface area contributed by atoms with Crippen LogP contribution in [0, 0.1) is 11.3 Å². The number of carbonyl (C=O) groups is 1. The van der Waals surface area contributed by atoms with Crippen molar-refractivity contribution < 1.29 is 47.6 Å². The van der Waals surface area contributed by atoms with Crippen molar-refractivity contribution in [1.29, 1.82) is 5.41 Å². The Morgan fingerprint density at radius 1 is 1.34 bits per heavy atom. The molecule has 0 aromatic rings. The third-order valence-corrected chi connectivity index (χ3v) is 10.0. The second kappa shape index (κ2) is 8.29. The van der Waals surface area contributed by atoms with Crippen molar-refractivity contribution in [2.45, 2.75) is 35.6 Å². The van der Waals surface area contributed by atoms with Crippen molar-refractivity contribution in [1.82, 2.24) is 4.90 Å². The van der Waals surface area contributed by atoms with Gasteiger partial charge in [0.2, 0.25) is 9.84 Å². The summed E-state index contributed by atoms with van der Waals surface area (Å²) in [5.41, 5.74) is 0. The lowest BCUT2D eigenvalue weighted by Gasteiger charge is -2.42. The molecule has 0 bridgehead atoms. The number of nitrogens with one attached hydrogen (secondary N) is 1. The summed E-state index contributed by atoms with van der Waals surface area (Å²) in [6.07, 6.45) is -2.25. The molecule has 1 aliphatic carbocycles. The van der Waals surface area contributed by atoms with Gasteiger partial charge < -0.3 is 29.8 Å². The Hall–Kier alpha value is -1.95. The SMILES string of the molecule is CC1C=CC(S(=O)(=O)[C@@]2(N3C(Br)=NC4(P(=O)(O)O)C(=N)N=CN=C34)O[C@H](CO)[C@@H](O)[C@H]2O)=CC1=O. The van der Waals surface area contributed by atoms with Crippen LogP contribution in [-0.4, -0.2) is 102 Å². The van der Waals surface area contributed by atoms with Gasteiger partial charge in [-0.25, -0.2) is 23.4 Å². The van der Waals surface area contributed by atoms with Crippen molar-refractivity contribution >= 4 is 61.9 Å². The van der Waals surface area contributed by atoms with E-state index in [0.717, 1.165) is 12.2 Å². The maximum Gasteiger partial charge on any atom is 0.368 e. The number of aliphatic hydroxyl groups is 3. The molecule has 2 unspecified atom stereocenters. The van der Waals surface area contributed by atoms with Gasteiger partial charge in [-0.3, -0.25) is 19.7 Å². The minimum atomic E-state index is -5.48. The number of hydrogen-bond acceptors (Lipinski definition) is 12. The predicted molar refractivity (Wildman–Crippen MR) is 124 cm³/mol. The quantitative estimate of drug-likeness (QED) is 0.153. The molecule has 3 heterocycles. The van der Waals surface area contributed by atoms with Crippen molar-refractivity contribution in [2.75, 3.05) is 6.61 Å². The molecule has 18 heteroatoms. The molecule has 190 valence electrons. The number of aliphatic hydroxyl groups excluding tert-OH is 3. The standard InChI is InChI=1S/C17H19BrN5O10PS/c1-7-2-3-8(4-9(7)25)35(31,32)17(12(27)11(26)10(5-24)33-17)23-14-16(22-15(23)18,34(28,29)30)13(19)20-6-21-14/h2-4,6-7,10-12,19,24,26-27H,5H2,1H3,(H2,28,29,30)/t7?,10-,11-,12-,16?,17+/m1/s1. The van der Waals surface area contributed by atoms with Gasteiger partial charge in [-0.15, -0.1) is 0 Å². The molecule has 0 radical (unpaired) electrons. The van der Waals surface area contributed by atoms with Crippen LogP contribution in [0.4, 0.5) is 0 Å². The molecule has 1 fully saturated rings. The van der Waals surface area contributed by atoms with Gasteiger partial charge >= 0.3 is 7.60 Å². The average Bonchev–Trinajstić information content (AvgIpc) is 3.23. The highest BCUT2D eigenvalue weighted by atomic mass is 79.9. The number of aliphatic imine (C=N–C) groups is 3. The number of allylic oxidation sites excluding steroid dienone is 3. The van der Waals surface area contributed by atoms with E-state index in [9.17, 15) is 42.9 Å². The first-order valence-corrected chi connectivity index (χ1v) is 13.7. The molecule has 3 aliphatic heterocycles. The number of ketones is 1. The Morgan fingerprint density at radius 2 is 2.00 bits per heavy atom. The van der Waals surface area contributed by atoms with Crippen LogP contribution in [0.1, 0.15) is 6.92 Å². The predicted octanol–water partition coefficient (Wildman–Crippen LogP) is -1.82. The molecular formula is C17H19BrN5O10PS. The Balaban J connectivity index is 2.03. The first-order valence-electron chi connectivity index (χ1n) is 9.81. The first kappa shape index (κ1) is 26.1. The lowest BCUT2D eigenvalue weighted by Crippen LogP contribution is -2.66. The molecular weight excluding hydrogens is 577 g/mol. The Labute approximate surface area is 206 Å². The van der Waals surface area contributed by atoms with Gasteiger partial charge in [-0.2, -0.15) is 0 Å². The summed E-state index contributed by atoms with van der Waals surface area (Å²) in [5.74, 6) is -3.10. The second-order valence-electron chi connectivity index (χ2n) is 7.98. The normalized spacial score (nSPS) is 37.3. The number of carbonyl (C=O) groups excluding carboxylic acids is 1. The van der Waals surface area contributed by atoms with E-state index in [1.54, 1.807) is 0 Å². The maximum atomic E-state index is 14.0. The van der Waals surface area contributed by atoms with E-state index >= 15 is 0 Å². The zero-order valence-electron chi connectivity index (χ0n) is 17.6. The number of ether oxygens (including phenoxy) is 1. The lowest BCUT2D eigenvalue weighted by molar-refractivity contribution is -0.116. The minimum absolute atomic E-state index is 0.474. The smallest absolute Gasteiger partial charge is 0.368 e. The summed E-state index contributed by atoms with van der Waals surface area (Å²) in [4.78, 5) is 43.4. The number of nitrogens with zero attached hydrogens (tertiary/aromatic N) is 4. The van der Waals surface area contributed by atoms with Crippen molar-refractivity contribution in [3.05, 3.63) is 23.1 Å². The zero-order chi connectivity index (χ0) is 26.1. The fraction of sp³-hybridized carbons (Fsp3) is 0.471. The molecule has 6 atom stereocenters. The van der Waals surface area contributed by atoms with Crippen LogP contribution in [0.2, 0.25) is 0 Å². The van der Waals surface area contributed by atoms with Gasteiger partial charge in [0.05, 0.1) is 11.5 Å². The van der Waals surface area contributed by atoms with Crippen LogP contribution in [0.5, 0.6) is 0 Å². The number of halogens is 1. The summed E-state index contributed by atoms with van der Waals surface area (Å²) >= 11 is 2.92. The largest absolute Gasteiger partial charge is 0.394 e. The summed E-state index contributed by atoms with van der Waals surface area (Å²) < 4.78 is 45.5. The number of amidine groups is 3. The fourth-order valence-electron chi connectivity index (χ4n) is 4.06. The van der Waals surface area contributed by atoms with Gasteiger partial charge in [0.25, 0.3) is 10.3 Å². The molecule has 0 aromatic heterocycles. The summed E-state index contributed by atoms with van der Waals surface area (Å²) in [6.45, 7) is 0.553. The van der Waals surface area contributed by atoms with Gasteiger partial charge in [0, 0.05) is 12.0 Å². The summed E-state index contributed by atoms with van der Waals surface area (Å²) in [5, 5.41) is 33.3. The van der Waals surface area contributed by atoms with Crippen molar-refractivity contribution in [3.63, 3.8) is 0 Å². The van der Waals surface area contributed by atoms with E-state index in [1.165, 1.54) is 13.0 Å². The monoisotopic (exact) mass is 595 g/mol. The van der Waals surface area contributed by atoms with E-state index in [-0.39, 0.29) is 0 Å². The molecule has 4 aliphatic rings. The highest BCUT2D eigenvalue weighted by molar-refractivity contribution is 9.18. The molecule has 0 spiro atoms. The first-order chi connectivity index (χ1) is 16.2. The number of fused-ring (bicyclic) bond motifs is 1. The van der Waals surface area contributed by atoms with E-state index in [0.29, 0.717) is 11.2 Å². The second-order valence-corrected chi connectivity index (χ2v) is 12.5. The highest BCUT2D eigenvalue weighted by Gasteiger charge is 2.74. The topological polar surface area (TPSA) is 243 Å². The van der Waals surface area contributed by atoms with Crippen LogP contribution in [0.3, 0.4) is 0 Å². The van der Waals surface area contributed by atoms with E-state index in [1.807, 2.05) is 0 Å². The van der Waals surface area contributed by atoms with E-state index in [2.05, 4.69) is 30.9 Å². The summed E-state index contributed by atoms with van der Waals surface area (Å²) in [7, 11) is -10.6. The van der Waals surface area contributed by atoms with Crippen LogP contribution in [-0.2, 0) is 23.9 Å². The van der Waals surface area contributed by atoms with Crippen LogP contribution in [0.25, 0.3) is 0 Å². The van der Waals surface area contributed by atoms with Crippen LogP contribution >= 0.6 is 23.5 Å². The minimum Gasteiger partial charge on any atom is -0.394 e. The zero-order valence-corrected chi connectivity index (χ0v) is 20.9.